The highest BCUT2D eigenvalue weighted by Gasteiger charge is 2.31. The smallest absolute Gasteiger partial charge is 0.263 e. The molecule has 0 N–H and O–H groups in total. The van der Waals surface area contributed by atoms with E-state index in [1.165, 1.54) is 0 Å². The number of anilines is 1. The Morgan fingerprint density at radius 3 is 2.21 bits per heavy atom. The lowest BCUT2D eigenvalue weighted by Crippen LogP contribution is -2.21. The molecule has 3 heteroatoms. The SMILES string of the molecule is C=C1c2ccccc2C(=O)N1c1ccc(C#N)cc1. The van der Waals surface area contributed by atoms with E-state index in [1.54, 1.807) is 35.2 Å². The van der Waals surface area contributed by atoms with Gasteiger partial charge in [-0.15, -0.1) is 0 Å². The topological polar surface area (TPSA) is 44.1 Å². The minimum absolute atomic E-state index is 0.0784. The monoisotopic (exact) mass is 246 g/mol. The number of amides is 1. The maximum absolute atomic E-state index is 12.4. The molecule has 1 aliphatic rings. The summed E-state index contributed by atoms with van der Waals surface area (Å²) in [6.07, 6.45) is 0. The Bertz CT molecular complexity index is 688. The molecule has 1 aliphatic heterocycles. The molecule has 1 heterocycles. The number of carbonyl (C=O) groups is 1. The highest BCUT2D eigenvalue weighted by molar-refractivity contribution is 6.21. The molecule has 2 aromatic rings. The number of nitrogens with zero attached hydrogens (tertiary/aromatic N) is 2. The third-order valence-electron chi connectivity index (χ3n) is 3.20. The van der Waals surface area contributed by atoms with Crippen LogP contribution < -0.4 is 4.90 Å². The van der Waals surface area contributed by atoms with Gasteiger partial charge in [-0.05, 0) is 30.3 Å². The third-order valence-corrected chi connectivity index (χ3v) is 3.20. The molecule has 0 radical (unpaired) electrons. The number of hydrogen-bond donors (Lipinski definition) is 0. The Hall–Kier alpha value is -2.86. The van der Waals surface area contributed by atoms with E-state index in [0.717, 1.165) is 11.3 Å². The first-order valence-corrected chi connectivity index (χ1v) is 5.85. The number of nitriles is 1. The van der Waals surface area contributed by atoms with Crippen LogP contribution in [0.1, 0.15) is 21.5 Å². The van der Waals surface area contributed by atoms with Crippen molar-refractivity contribution >= 4 is 17.3 Å². The average molecular weight is 246 g/mol. The molecule has 2 aromatic carbocycles. The Balaban J connectivity index is 2.06. The summed E-state index contributed by atoms with van der Waals surface area (Å²) in [6.45, 7) is 3.99. The van der Waals surface area contributed by atoms with Crippen LogP contribution in [0.15, 0.2) is 55.1 Å². The molecule has 1 amide bonds. The molecule has 0 atom stereocenters. The van der Waals surface area contributed by atoms with Crippen molar-refractivity contribution in [3.8, 4) is 6.07 Å². The molecule has 19 heavy (non-hydrogen) atoms. The summed E-state index contributed by atoms with van der Waals surface area (Å²) in [7, 11) is 0. The first-order valence-electron chi connectivity index (χ1n) is 5.85. The molecule has 0 aliphatic carbocycles. The summed E-state index contributed by atoms with van der Waals surface area (Å²) in [5, 5.41) is 8.79. The number of benzene rings is 2. The van der Waals surface area contributed by atoms with E-state index >= 15 is 0 Å². The number of rotatable bonds is 1. The van der Waals surface area contributed by atoms with Crippen molar-refractivity contribution in [2.45, 2.75) is 0 Å². The van der Waals surface area contributed by atoms with E-state index in [2.05, 4.69) is 12.6 Å². The molecule has 0 saturated carbocycles. The van der Waals surface area contributed by atoms with Gasteiger partial charge in [0.1, 0.15) is 0 Å². The lowest BCUT2D eigenvalue weighted by atomic mass is 10.1. The maximum Gasteiger partial charge on any atom is 0.263 e. The van der Waals surface area contributed by atoms with Gasteiger partial charge < -0.3 is 0 Å². The molecule has 3 nitrogen and oxygen atoms in total. The zero-order valence-corrected chi connectivity index (χ0v) is 10.1. The van der Waals surface area contributed by atoms with Gasteiger partial charge in [0, 0.05) is 16.8 Å². The predicted molar refractivity (Wildman–Crippen MR) is 73.4 cm³/mol. The molecule has 3 rings (SSSR count). The molecule has 90 valence electrons. The largest absolute Gasteiger partial charge is 0.277 e. The highest BCUT2D eigenvalue weighted by Crippen LogP contribution is 2.35. The van der Waals surface area contributed by atoms with Crippen LogP contribution in [0, 0.1) is 11.3 Å². The van der Waals surface area contributed by atoms with Gasteiger partial charge in [0.15, 0.2) is 0 Å². The quantitative estimate of drug-likeness (QED) is 0.775. The van der Waals surface area contributed by atoms with Gasteiger partial charge in [-0.1, -0.05) is 24.8 Å². The summed E-state index contributed by atoms with van der Waals surface area (Å²) in [4.78, 5) is 13.9. The normalized spacial score (nSPS) is 13.3. The minimum atomic E-state index is -0.0784. The maximum atomic E-state index is 12.4. The fraction of sp³-hybridized carbons (Fsp3) is 0. The molecule has 0 spiro atoms. The fourth-order valence-electron chi connectivity index (χ4n) is 2.24. The van der Waals surface area contributed by atoms with Crippen LogP contribution in [0.25, 0.3) is 5.70 Å². The number of hydrogen-bond acceptors (Lipinski definition) is 2. The molecular weight excluding hydrogens is 236 g/mol. The van der Waals surface area contributed by atoms with E-state index in [0.29, 0.717) is 16.8 Å². The van der Waals surface area contributed by atoms with Crippen molar-refractivity contribution in [1.29, 1.82) is 5.26 Å². The summed E-state index contributed by atoms with van der Waals surface area (Å²) in [5.41, 5.74) is 3.49. The van der Waals surface area contributed by atoms with Crippen molar-refractivity contribution in [2.24, 2.45) is 0 Å². The van der Waals surface area contributed by atoms with Crippen molar-refractivity contribution < 1.29 is 4.79 Å². The van der Waals surface area contributed by atoms with Crippen molar-refractivity contribution in [2.75, 3.05) is 4.90 Å². The second-order valence-electron chi connectivity index (χ2n) is 4.29. The number of fused-ring (bicyclic) bond motifs is 1. The minimum Gasteiger partial charge on any atom is -0.277 e. The first kappa shape index (κ1) is 11.2. The van der Waals surface area contributed by atoms with Crippen LogP contribution in [0.2, 0.25) is 0 Å². The van der Waals surface area contributed by atoms with Gasteiger partial charge in [0.2, 0.25) is 0 Å². The summed E-state index contributed by atoms with van der Waals surface area (Å²) in [5.74, 6) is -0.0784. The fourth-order valence-corrected chi connectivity index (χ4v) is 2.24. The second-order valence-corrected chi connectivity index (χ2v) is 4.29. The Kier molecular flexibility index (Phi) is 2.43. The van der Waals surface area contributed by atoms with Crippen LogP contribution >= 0.6 is 0 Å². The zero-order chi connectivity index (χ0) is 13.4. The molecule has 0 aromatic heterocycles. The van der Waals surface area contributed by atoms with Gasteiger partial charge in [0.05, 0.1) is 17.3 Å². The van der Waals surface area contributed by atoms with Gasteiger partial charge >= 0.3 is 0 Å². The molecule has 0 saturated heterocycles. The Morgan fingerprint density at radius 2 is 1.63 bits per heavy atom. The lowest BCUT2D eigenvalue weighted by molar-refractivity contribution is 0.101. The van der Waals surface area contributed by atoms with Gasteiger partial charge in [-0.3, -0.25) is 9.69 Å². The van der Waals surface area contributed by atoms with Crippen LogP contribution in [-0.4, -0.2) is 5.91 Å². The van der Waals surface area contributed by atoms with Crippen molar-refractivity contribution in [1.82, 2.24) is 0 Å². The van der Waals surface area contributed by atoms with E-state index < -0.39 is 0 Å². The van der Waals surface area contributed by atoms with Crippen LogP contribution in [0.3, 0.4) is 0 Å². The zero-order valence-electron chi connectivity index (χ0n) is 10.1. The lowest BCUT2D eigenvalue weighted by Gasteiger charge is -2.17. The van der Waals surface area contributed by atoms with Crippen molar-refractivity contribution in [3.63, 3.8) is 0 Å². The van der Waals surface area contributed by atoms with E-state index in [4.69, 9.17) is 5.26 Å². The molecule has 0 unspecified atom stereocenters. The molecule has 0 bridgehead atoms. The van der Waals surface area contributed by atoms with E-state index in [9.17, 15) is 4.79 Å². The predicted octanol–water partition coefficient (Wildman–Crippen LogP) is 3.19. The van der Waals surface area contributed by atoms with E-state index in [-0.39, 0.29) is 5.91 Å². The third kappa shape index (κ3) is 1.62. The summed E-state index contributed by atoms with van der Waals surface area (Å²) in [6, 6.07) is 16.4. The molecular formula is C16H10N2O. The standard InChI is InChI=1S/C16H10N2O/c1-11-14-4-2-3-5-15(14)16(19)18(11)13-8-6-12(10-17)7-9-13/h2-9H,1H2. The van der Waals surface area contributed by atoms with E-state index in [1.807, 2.05) is 18.2 Å². The van der Waals surface area contributed by atoms with Crippen molar-refractivity contribution in [3.05, 3.63) is 71.8 Å². The van der Waals surface area contributed by atoms with Crippen LogP contribution in [0.4, 0.5) is 5.69 Å². The van der Waals surface area contributed by atoms with Crippen LogP contribution in [0.5, 0.6) is 0 Å². The Labute approximate surface area is 111 Å². The summed E-state index contributed by atoms with van der Waals surface area (Å²) >= 11 is 0. The van der Waals surface area contributed by atoms with Gasteiger partial charge in [0.25, 0.3) is 5.91 Å². The van der Waals surface area contributed by atoms with Gasteiger partial charge in [-0.2, -0.15) is 5.26 Å². The Morgan fingerprint density at radius 1 is 1.00 bits per heavy atom. The first-order chi connectivity index (χ1) is 9.22. The molecule has 0 fully saturated rings. The summed E-state index contributed by atoms with van der Waals surface area (Å²) < 4.78 is 0. The second kappa shape index (κ2) is 4.11. The number of carbonyl (C=O) groups excluding carboxylic acids is 1. The average Bonchev–Trinajstić information content (AvgIpc) is 2.72. The van der Waals surface area contributed by atoms with Gasteiger partial charge in [-0.25, -0.2) is 0 Å². The van der Waals surface area contributed by atoms with Crippen LogP contribution in [-0.2, 0) is 0 Å². The highest BCUT2D eigenvalue weighted by atomic mass is 16.2.